The number of phenolic OH excluding ortho intramolecular Hbond substituents is 1. The molecule has 3 nitrogen and oxygen atoms in total. The zero-order chi connectivity index (χ0) is 19.7. The highest BCUT2D eigenvalue weighted by atomic mass is 79.9. The highest BCUT2D eigenvalue weighted by molar-refractivity contribution is 9.10. The average Bonchev–Trinajstić information content (AvgIpc) is 2.70. The molecule has 142 valence electrons. The third-order valence-electron chi connectivity index (χ3n) is 4.96. The summed E-state index contributed by atoms with van der Waals surface area (Å²) in [6.45, 7) is 2.05. The smallest absolute Gasteiger partial charge is 0.126 e. The summed E-state index contributed by atoms with van der Waals surface area (Å²) in [7, 11) is 0. The molecule has 1 aliphatic rings. The van der Waals surface area contributed by atoms with Gasteiger partial charge in [-0.3, -0.25) is 10.3 Å². The van der Waals surface area contributed by atoms with Crippen LogP contribution in [0, 0.1) is 12.7 Å². The fourth-order valence-electron chi connectivity index (χ4n) is 3.48. The van der Waals surface area contributed by atoms with Gasteiger partial charge in [0.1, 0.15) is 17.7 Å². The Kier molecular flexibility index (Phi) is 5.29. The molecule has 0 saturated carbocycles. The molecule has 0 amide bonds. The highest BCUT2D eigenvalue weighted by Gasteiger charge is 2.28. The van der Waals surface area contributed by atoms with E-state index in [4.69, 9.17) is 4.99 Å². The number of nitrogens with one attached hydrogen (secondary N) is 1. The van der Waals surface area contributed by atoms with Crippen molar-refractivity contribution < 1.29 is 9.50 Å². The first-order chi connectivity index (χ1) is 13.5. The second-order valence-electron chi connectivity index (χ2n) is 7.03. The normalized spacial score (nSPS) is 19.3. The highest BCUT2D eigenvalue weighted by Crippen LogP contribution is 2.35. The molecule has 3 aromatic carbocycles. The van der Waals surface area contributed by atoms with Crippen molar-refractivity contribution in [3.05, 3.63) is 99.3 Å². The Morgan fingerprint density at radius 2 is 1.86 bits per heavy atom. The van der Waals surface area contributed by atoms with Gasteiger partial charge in [-0.2, -0.15) is 0 Å². The maximum Gasteiger partial charge on any atom is 0.126 e. The zero-order valence-corrected chi connectivity index (χ0v) is 16.9. The Bertz CT molecular complexity index is 1030. The SMILES string of the molecule is Cc1ccc(C2=NC(c3cccc(F)c3)NC(c3cc(Br)ccc3O)C2)cc1. The van der Waals surface area contributed by atoms with Crippen molar-refractivity contribution in [2.24, 2.45) is 4.99 Å². The van der Waals surface area contributed by atoms with Crippen LogP contribution < -0.4 is 5.32 Å². The molecule has 0 saturated heterocycles. The summed E-state index contributed by atoms with van der Waals surface area (Å²) in [6.07, 6.45) is 0.225. The van der Waals surface area contributed by atoms with Gasteiger partial charge < -0.3 is 5.11 Å². The van der Waals surface area contributed by atoms with Crippen LogP contribution in [0.4, 0.5) is 4.39 Å². The van der Waals surface area contributed by atoms with Crippen LogP contribution in [0.1, 0.15) is 40.9 Å². The Morgan fingerprint density at radius 1 is 1.07 bits per heavy atom. The molecule has 4 rings (SSSR count). The molecule has 1 heterocycles. The number of aliphatic imine (C=N–C) groups is 1. The van der Waals surface area contributed by atoms with Crippen LogP contribution in [0.15, 0.2) is 76.2 Å². The molecular formula is C23H20BrFN2O. The van der Waals surface area contributed by atoms with Crippen molar-refractivity contribution in [2.45, 2.75) is 25.6 Å². The van der Waals surface area contributed by atoms with Crippen molar-refractivity contribution in [3.63, 3.8) is 0 Å². The van der Waals surface area contributed by atoms with Crippen molar-refractivity contribution in [1.82, 2.24) is 5.32 Å². The lowest BCUT2D eigenvalue weighted by Gasteiger charge is -2.31. The van der Waals surface area contributed by atoms with Crippen molar-refractivity contribution >= 4 is 21.6 Å². The number of halogens is 2. The first-order valence-electron chi connectivity index (χ1n) is 9.13. The van der Waals surface area contributed by atoms with Gasteiger partial charge in [0, 0.05) is 28.2 Å². The topological polar surface area (TPSA) is 44.6 Å². The molecule has 2 unspecified atom stereocenters. The molecule has 0 aliphatic carbocycles. The van der Waals surface area contributed by atoms with Gasteiger partial charge in [0.15, 0.2) is 0 Å². The van der Waals surface area contributed by atoms with Crippen LogP contribution in [0.3, 0.4) is 0 Å². The lowest BCUT2D eigenvalue weighted by Crippen LogP contribution is -2.33. The monoisotopic (exact) mass is 438 g/mol. The van der Waals surface area contributed by atoms with E-state index in [9.17, 15) is 9.50 Å². The van der Waals surface area contributed by atoms with E-state index in [0.717, 1.165) is 26.9 Å². The predicted molar refractivity (Wildman–Crippen MR) is 113 cm³/mol. The quantitative estimate of drug-likeness (QED) is 0.540. The van der Waals surface area contributed by atoms with Gasteiger partial charge in [0.25, 0.3) is 0 Å². The average molecular weight is 439 g/mol. The van der Waals surface area contributed by atoms with E-state index in [-0.39, 0.29) is 17.6 Å². The second kappa shape index (κ2) is 7.86. The lowest BCUT2D eigenvalue weighted by atomic mass is 9.93. The number of benzene rings is 3. The minimum absolute atomic E-state index is 0.153. The van der Waals surface area contributed by atoms with Crippen LogP contribution in [-0.4, -0.2) is 10.8 Å². The van der Waals surface area contributed by atoms with Crippen LogP contribution in [0.25, 0.3) is 0 Å². The Morgan fingerprint density at radius 3 is 2.61 bits per heavy atom. The number of aryl methyl sites for hydroxylation is 1. The molecule has 5 heteroatoms. The fraction of sp³-hybridized carbons (Fsp3) is 0.174. The summed E-state index contributed by atoms with van der Waals surface area (Å²) in [5.74, 6) is -0.0670. The number of phenols is 1. The molecule has 0 spiro atoms. The van der Waals surface area contributed by atoms with E-state index in [1.54, 1.807) is 18.2 Å². The van der Waals surface area contributed by atoms with Gasteiger partial charge >= 0.3 is 0 Å². The van der Waals surface area contributed by atoms with Gasteiger partial charge in [0.05, 0.1) is 0 Å². The summed E-state index contributed by atoms with van der Waals surface area (Å²) >= 11 is 3.48. The minimum Gasteiger partial charge on any atom is -0.508 e. The number of hydrogen-bond acceptors (Lipinski definition) is 3. The molecule has 1 aliphatic heterocycles. The lowest BCUT2D eigenvalue weighted by molar-refractivity contribution is 0.411. The van der Waals surface area contributed by atoms with Gasteiger partial charge in [-0.25, -0.2) is 4.39 Å². The number of aromatic hydroxyl groups is 1. The Labute approximate surface area is 172 Å². The van der Waals surface area contributed by atoms with Crippen LogP contribution in [0.5, 0.6) is 5.75 Å². The molecular weight excluding hydrogens is 419 g/mol. The summed E-state index contributed by atoms with van der Waals surface area (Å²) in [4.78, 5) is 4.87. The minimum atomic E-state index is -0.399. The molecule has 2 atom stereocenters. The summed E-state index contributed by atoms with van der Waals surface area (Å²) in [5, 5.41) is 13.9. The van der Waals surface area contributed by atoms with Crippen LogP contribution in [-0.2, 0) is 0 Å². The first-order valence-corrected chi connectivity index (χ1v) is 9.92. The summed E-state index contributed by atoms with van der Waals surface area (Å²) in [5.41, 5.74) is 4.69. The summed E-state index contributed by atoms with van der Waals surface area (Å²) in [6, 6.07) is 19.9. The summed E-state index contributed by atoms with van der Waals surface area (Å²) < 4.78 is 14.7. The van der Waals surface area contributed by atoms with Gasteiger partial charge in [-0.05, 0) is 48.4 Å². The van der Waals surface area contributed by atoms with Gasteiger partial charge in [-0.1, -0.05) is 57.9 Å². The number of hydrogen-bond donors (Lipinski definition) is 2. The predicted octanol–water partition coefficient (Wildman–Crippen LogP) is 5.82. The third kappa shape index (κ3) is 4.01. The molecule has 0 bridgehead atoms. The van der Waals surface area contributed by atoms with E-state index >= 15 is 0 Å². The molecule has 3 aromatic rings. The van der Waals surface area contributed by atoms with Crippen LogP contribution in [0.2, 0.25) is 0 Å². The molecule has 0 fully saturated rings. The van der Waals surface area contributed by atoms with E-state index in [2.05, 4.69) is 45.5 Å². The maximum absolute atomic E-state index is 13.8. The van der Waals surface area contributed by atoms with E-state index < -0.39 is 6.17 Å². The van der Waals surface area contributed by atoms with E-state index in [0.29, 0.717) is 6.42 Å². The zero-order valence-electron chi connectivity index (χ0n) is 15.4. The third-order valence-corrected chi connectivity index (χ3v) is 5.45. The Balaban J connectivity index is 1.77. The van der Waals surface area contributed by atoms with Crippen molar-refractivity contribution in [1.29, 1.82) is 0 Å². The van der Waals surface area contributed by atoms with E-state index in [1.165, 1.54) is 17.7 Å². The molecule has 0 aromatic heterocycles. The van der Waals surface area contributed by atoms with Gasteiger partial charge in [-0.15, -0.1) is 0 Å². The number of nitrogens with zero attached hydrogens (tertiary/aromatic N) is 1. The Hall–Kier alpha value is -2.50. The van der Waals surface area contributed by atoms with Crippen molar-refractivity contribution in [3.8, 4) is 5.75 Å². The fourth-order valence-corrected chi connectivity index (χ4v) is 3.86. The molecule has 28 heavy (non-hydrogen) atoms. The van der Waals surface area contributed by atoms with Crippen molar-refractivity contribution in [2.75, 3.05) is 0 Å². The maximum atomic E-state index is 13.8. The molecule has 2 N–H and O–H groups in total. The second-order valence-corrected chi connectivity index (χ2v) is 7.94. The standard InChI is InChI=1S/C23H20BrFN2O/c1-14-5-7-15(8-6-14)20-13-21(19-12-17(24)9-10-22(19)28)27-23(26-20)16-3-2-4-18(25)11-16/h2-12,21,23,27-28H,13H2,1H3. The van der Waals surface area contributed by atoms with Crippen LogP contribution >= 0.6 is 15.9 Å². The largest absolute Gasteiger partial charge is 0.508 e. The molecule has 0 radical (unpaired) electrons. The number of rotatable bonds is 3. The van der Waals surface area contributed by atoms with E-state index in [1.807, 2.05) is 19.1 Å². The first kappa shape index (κ1) is 18.8. The van der Waals surface area contributed by atoms with Gasteiger partial charge in [0.2, 0.25) is 0 Å².